The van der Waals surface area contributed by atoms with Crippen LogP contribution in [0.5, 0.6) is 0 Å². The van der Waals surface area contributed by atoms with Crippen LogP contribution in [0.3, 0.4) is 0 Å². The van der Waals surface area contributed by atoms with E-state index in [0.717, 1.165) is 11.5 Å². The number of aliphatic carboxylic acids is 1. The number of hydrogen-bond acceptors (Lipinski definition) is 5. The normalized spacial score (nSPS) is 11.6. The monoisotopic (exact) mass is 185 g/mol. The van der Waals surface area contributed by atoms with E-state index in [-0.39, 0.29) is 16.5 Å². The summed E-state index contributed by atoms with van der Waals surface area (Å²) in [5, 5.41) is 8.92. The molecule has 0 aromatic carbocycles. The molecule has 0 spiro atoms. The first-order valence-electron chi connectivity index (χ1n) is 3.14. The van der Waals surface area contributed by atoms with Crippen molar-refractivity contribution in [3.8, 4) is 0 Å². The third kappa shape index (κ3) is 1.59. The number of carbonyl (C=O) groups is 1. The standard InChI is InChI=1S/C6H7N3O2S/c1-2-3(5(10)11)4-8-6(7)12-9-4/h2H,1H3,(H,10,11)(H2,7,8,9). The summed E-state index contributed by atoms with van der Waals surface area (Å²) >= 11 is 0.978. The summed E-state index contributed by atoms with van der Waals surface area (Å²) in [7, 11) is 0. The van der Waals surface area contributed by atoms with E-state index < -0.39 is 5.97 Å². The zero-order chi connectivity index (χ0) is 9.14. The molecule has 0 aliphatic heterocycles. The van der Waals surface area contributed by atoms with Gasteiger partial charge in [-0.15, -0.1) is 0 Å². The fourth-order valence-corrected chi connectivity index (χ4v) is 1.14. The lowest BCUT2D eigenvalue weighted by atomic mass is 10.2. The smallest absolute Gasteiger partial charge is 0.339 e. The van der Waals surface area contributed by atoms with Gasteiger partial charge in [-0.25, -0.2) is 4.79 Å². The molecule has 12 heavy (non-hydrogen) atoms. The van der Waals surface area contributed by atoms with Crippen LogP contribution < -0.4 is 5.73 Å². The Morgan fingerprint density at radius 3 is 2.75 bits per heavy atom. The van der Waals surface area contributed by atoms with Gasteiger partial charge in [0, 0.05) is 11.5 Å². The molecule has 0 aliphatic rings. The van der Waals surface area contributed by atoms with Crippen LogP contribution in [-0.2, 0) is 4.79 Å². The average Bonchev–Trinajstić information content (AvgIpc) is 2.37. The van der Waals surface area contributed by atoms with Crippen LogP contribution in [-0.4, -0.2) is 20.4 Å². The van der Waals surface area contributed by atoms with Crippen molar-refractivity contribution < 1.29 is 9.90 Å². The van der Waals surface area contributed by atoms with Crippen molar-refractivity contribution >= 4 is 28.2 Å². The summed E-state index contributed by atoms with van der Waals surface area (Å²) in [6.45, 7) is 1.61. The number of rotatable bonds is 2. The second-order valence-corrected chi connectivity index (χ2v) is 2.75. The molecule has 0 saturated carbocycles. The molecule has 1 aromatic heterocycles. The van der Waals surface area contributed by atoms with E-state index in [1.807, 2.05) is 0 Å². The van der Waals surface area contributed by atoms with Gasteiger partial charge >= 0.3 is 5.97 Å². The number of allylic oxidation sites excluding steroid dienone is 1. The Morgan fingerprint density at radius 2 is 2.42 bits per heavy atom. The minimum Gasteiger partial charge on any atom is -0.478 e. The van der Waals surface area contributed by atoms with Crippen molar-refractivity contribution in [2.24, 2.45) is 0 Å². The van der Waals surface area contributed by atoms with Crippen molar-refractivity contribution in [2.75, 3.05) is 5.73 Å². The quantitative estimate of drug-likeness (QED) is 0.659. The Morgan fingerprint density at radius 1 is 1.75 bits per heavy atom. The molecule has 0 bridgehead atoms. The van der Waals surface area contributed by atoms with Crippen LogP contribution in [0.2, 0.25) is 0 Å². The second-order valence-electron chi connectivity index (χ2n) is 1.96. The van der Waals surface area contributed by atoms with Gasteiger partial charge in [0.25, 0.3) is 0 Å². The number of nitrogens with zero attached hydrogens (tertiary/aromatic N) is 2. The molecule has 64 valence electrons. The second kappa shape index (κ2) is 3.31. The molecule has 1 heterocycles. The Bertz CT molecular complexity index is 331. The number of hydrogen-bond donors (Lipinski definition) is 2. The predicted molar refractivity (Wildman–Crippen MR) is 45.6 cm³/mol. The molecule has 0 amide bonds. The minimum atomic E-state index is -1.05. The third-order valence-corrected chi connectivity index (χ3v) is 1.74. The summed E-state index contributed by atoms with van der Waals surface area (Å²) in [5.74, 6) is -0.872. The molecular formula is C6H7N3O2S. The van der Waals surface area contributed by atoms with E-state index in [1.165, 1.54) is 6.08 Å². The van der Waals surface area contributed by atoms with Gasteiger partial charge in [-0.05, 0) is 6.92 Å². The lowest BCUT2D eigenvalue weighted by Gasteiger charge is -1.92. The summed E-state index contributed by atoms with van der Waals surface area (Å²) in [6, 6.07) is 0. The largest absolute Gasteiger partial charge is 0.478 e. The van der Waals surface area contributed by atoms with E-state index in [4.69, 9.17) is 10.8 Å². The van der Waals surface area contributed by atoms with Crippen molar-refractivity contribution in [1.29, 1.82) is 0 Å². The number of anilines is 1. The maximum absolute atomic E-state index is 10.6. The van der Waals surface area contributed by atoms with E-state index in [9.17, 15) is 4.79 Å². The highest BCUT2D eigenvalue weighted by Gasteiger charge is 2.13. The van der Waals surface area contributed by atoms with Crippen molar-refractivity contribution in [2.45, 2.75) is 6.92 Å². The average molecular weight is 185 g/mol. The molecule has 1 aromatic rings. The zero-order valence-corrected chi connectivity index (χ0v) is 7.13. The van der Waals surface area contributed by atoms with Crippen molar-refractivity contribution in [1.82, 2.24) is 9.36 Å². The first-order chi connectivity index (χ1) is 5.65. The Hall–Kier alpha value is -1.43. The van der Waals surface area contributed by atoms with Crippen LogP contribution in [0, 0.1) is 0 Å². The zero-order valence-electron chi connectivity index (χ0n) is 6.31. The van der Waals surface area contributed by atoms with E-state index in [2.05, 4.69) is 9.36 Å². The lowest BCUT2D eigenvalue weighted by Crippen LogP contribution is -2.01. The Labute approximate surface area is 72.7 Å². The first-order valence-corrected chi connectivity index (χ1v) is 3.91. The number of carboxylic acids is 1. The van der Waals surface area contributed by atoms with Gasteiger partial charge in [0.15, 0.2) is 11.0 Å². The topological polar surface area (TPSA) is 89.1 Å². The van der Waals surface area contributed by atoms with Crippen LogP contribution in [0.25, 0.3) is 5.57 Å². The molecule has 0 radical (unpaired) electrons. The third-order valence-electron chi connectivity index (χ3n) is 1.20. The number of aromatic nitrogens is 2. The van der Waals surface area contributed by atoms with Gasteiger partial charge in [0.1, 0.15) is 5.57 Å². The SMILES string of the molecule is CC=C(C(=O)O)c1nsc(N)n1. The number of carboxylic acid groups (broad SMARTS) is 1. The minimum absolute atomic E-state index is 0.0722. The van der Waals surface area contributed by atoms with Gasteiger partial charge in [0.2, 0.25) is 0 Å². The van der Waals surface area contributed by atoms with Crippen molar-refractivity contribution in [3.05, 3.63) is 11.9 Å². The molecule has 6 heteroatoms. The maximum atomic E-state index is 10.6. The fourth-order valence-electron chi connectivity index (χ4n) is 0.693. The predicted octanol–water partition coefficient (Wildman–Crippen LogP) is 0.608. The number of nitrogens with two attached hydrogens (primary N) is 1. The van der Waals surface area contributed by atoms with E-state index >= 15 is 0 Å². The Kier molecular flexibility index (Phi) is 2.39. The van der Waals surface area contributed by atoms with Crippen molar-refractivity contribution in [3.63, 3.8) is 0 Å². The highest BCUT2D eigenvalue weighted by molar-refractivity contribution is 7.09. The fraction of sp³-hybridized carbons (Fsp3) is 0.167. The molecule has 0 saturated heterocycles. The summed E-state index contributed by atoms with van der Waals surface area (Å²) in [6.07, 6.45) is 1.43. The summed E-state index contributed by atoms with van der Waals surface area (Å²) < 4.78 is 3.76. The summed E-state index contributed by atoms with van der Waals surface area (Å²) in [5.41, 5.74) is 5.37. The van der Waals surface area contributed by atoms with Crippen LogP contribution >= 0.6 is 11.5 Å². The summed E-state index contributed by atoms with van der Waals surface area (Å²) in [4.78, 5) is 14.3. The van der Waals surface area contributed by atoms with E-state index in [1.54, 1.807) is 6.92 Å². The van der Waals surface area contributed by atoms with Gasteiger partial charge < -0.3 is 10.8 Å². The van der Waals surface area contributed by atoms with Crippen LogP contribution in [0.4, 0.5) is 5.13 Å². The highest BCUT2D eigenvalue weighted by atomic mass is 32.1. The van der Waals surface area contributed by atoms with Crippen LogP contribution in [0.15, 0.2) is 6.08 Å². The molecule has 3 N–H and O–H groups in total. The van der Waals surface area contributed by atoms with Crippen LogP contribution in [0.1, 0.15) is 12.7 Å². The Balaban J connectivity index is 3.04. The molecule has 5 nitrogen and oxygen atoms in total. The van der Waals surface area contributed by atoms with Gasteiger partial charge in [-0.3, -0.25) is 0 Å². The molecule has 0 fully saturated rings. The molecule has 0 atom stereocenters. The van der Waals surface area contributed by atoms with Gasteiger partial charge in [-0.2, -0.15) is 9.36 Å². The number of nitrogen functional groups attached to an aromatic ring is 1. The maximum Gasteiger partial charge on any atom is 0.339 e. The molecule has 0 unspecified atom stereocenters. The molecule has 0 aliphatic carbocycles. The van der Waals surface area contributed by atoms with Gasteiger partial charge in [0.05, 0.1) is 0 Å². The molecule has 1 rings (SSSR count). The lowest BCUT2D eigenvalue weighted by molar-refractivity contribution is -0.130. The van der Waals surface area contributed by atoms with E-state index in [0.29, 0.717) is 0 Å². The highest BCUT2D eigenvalue weighted by Crippen LogP contribution is 2.14. The van der Waals surface area contributed by atoms with Gasteiger partial charge in [-0.1, -0.05) is 6.08 Å². The molecular weight excluding hydrogens is 178 g/mol. The first kappa shape index (κ1) is 8.66.